The first-order valence-corrected chi connectivity index (χ1v) is 18.5. The van der Waals surface area contributed by atoms with Crippen LogP contribution < -0.4 is 0 Å². The molecule has 12 heteroatoms. The first-order chi connectivity index (χ1) is 25.3. The monoisotopic (exact) mass is 746 g/mol. The Balaban J connectivity index is 1.58. The molecule has 1 heterocycles. The van der Waals surface area contributed by atoms with Gasteiger partial charge in [0.15, 0.2) is 23.6 Å². The number of hydrogen-bond donors (Lipinski definition) is 2. The van der Waals surface area contributed by atoms with Gasteiger partial charge in [0.1, 0.15) is 23.9 Å². The molecule has 1 aliphatic heterocycles. The predicted octanol–water partition coefficient (Wildman–Crippen LogP) is 4.64. The van der Waals surface area contributed by atoms with Crippen LogP contribution in [0.4, 0.5) is 0 Å². The van der Waals surface area contributed by atoms with Gasteiger partial charge in [-0.3, -0.25) is 14.4 Å². The van der Waals surface area contributed by atoms with E-state index in [9.17, 15) is 29.4 Å². The Morgan fingerprint density at radius 2 is 1.52 bits per heavy atom. The van der Waals surface area contributed by atoms with Crippen LogP contribution in [-0.2, 0) is 42.9 Å². The van der Waals surface area contributed by atoms with Crippen molar-refractivity contribution in [1.82, 2.24) is 0 Å². The number of carbonyl (C=O) groups is 5. The van der Waals surface area contributed by atoms with Crippen LogP contribution in [0.2, 0.25) is 0 Å². The fourth-order valence-corrected chi connectivity index (χ4v) is 9.67. The van der Waals surface area contributed by atoms with Crippen molar-refractivity contribution < 1.29 is 57.9 Å². The zero-order valence-electron chi connectivity index (χ0n) is 32.0. The molecule has 3 fully saturated rings. The van der Waals surface area contributed by atoms with Crippen LogP contribution in [0.1, 0.15) is 90.1 Å². The number of fused-ring (bicyclic) bond motifs is 5. The third kappa shape index (κ3) is 6.06. The fourth-order valence-electron chi connectivity index (χ4n) is 9.67. The largest absolute Gasteiger partial charge is 0.456 e. The summed E-state index contributed by atoms with van der Waals surface area (Å²) in [6, 6.07) is 17.1. The molecule has 0 aromatic heterocycles. The predicted molar refractivity (Wildman–Crippen MR) is 193 cm³/mol. The van der Waals surface area contributed by atoms with Gasteiger partial charge in [0.05, 0.1) is 18.1 Å². The maximum absolute atomic E-state index is 15.5. The number of carbonyl (C=O) groups excluding carboxylic acids is 5. The number of aliphatic hydroxyl groups excluding tert-OH is 1. The van der Waals surface area contributed by atoms with Crippen molar-refractivity contribution in [3.8, 4) is 0 Å². The average molecular weight is 747 g/mol. The van der Waals surface area contributed by atoms with Crippen molar-refractivity contribution in [2.45, 2.75) is 116 Å². The van der Waals surface area contributed by atoms with Gasteiger partial charge in [-0.2, -0.15) is 0 Å². The van der Waals surface area contributed by atoms with Crippen LogP contribution in [0.5, 0.6) is 0 Å². The number of Topliss-reactive ketones (excluding diaryl/α,β-unsaturated/α-hetero) is 1. The molecule has 2 aromatic rings. The van der Waals surface area contributed by atoms with Crippen molar-refractivity contribution in [2.75, 3.05) is 6.61 Å². The highest BCUT2D eigenvalue weighted by molar-refractivity contribution is 5.95. The van der Waals surface area contributed by atoms with Gasteiger partial charge in [0.2, 0.25) is 0 Å². The second kappa shape index (κ2) is 14.0. The molecular weight excluding hydrogens is 696 g/mol. The third-order valence-electron chi connectivity index (χ3n) is 12.9. The summed E-state index contributed by atoms with van der Waals surface area (Å²) in [5.74, 6) is -6.20. The molecule has 6 rings (SSSR count). The Bertz CT molecular complexity index is 1850. The van der Waals surface area contributed by atoms with Gasteiger partial charge in [-0.1, -0.05) is 83.1 Å². The molecule has 12 nitrogen and oxygen atoms in total. The second-order valence-corrected chi connectivity index (χ2v) is 16.2. The summed E-state index contributed by atoms with van der Waals surface area (Å²) in [4.78, 5) is 69.2. The van der Waals surface area contributed by atoms with Crippen molar-refractivity contribution in [1.29, 1.82) is 0 Å². The van der Waals surface area contributed by atoms with E-state index in [1.165, 1.54) is 13.8 Å². The zero-order chi connectivity index (χ0) is 39.5. The molecule has 0 radical (unpaired) electrons. The van der Waals surface area contributed by atoms with Crippen molar-refractivity contribution >= 4 is 29.7 Å². The van der Waals surface area contributed by atoms with Crippen LogP contribution in [0.15, 0.2) is 71.8 Å². The summed E-state index contributed by atoms with van der Waals surface area (Å²) in [6.07, 6.45) is -6.86. The van der Waals surface area contributed by atoms with E-state index in [1.807, 2.05) is 13.0 Å². The Kier molecular flexibility index (Phi) is 10.2. The van der Waals surface area contributed by atoms with E-state index in [0.717, 1.165) is 0 Å². The van der Waals surface area contributed by atoms with Gasteiger partial charge in [-0.05, 0) is 48.1 Å². The first-order valence-electron chi connectivity index (χ1n) is 18.5. The summed E-state index contributed by atoms with van der Waals surface area (Å²) >= 11 is 0. The summed E-state index contributed by atoms with van der Waals surface area (Å²) in [6.45, 7) is 12.4. The molecule has 1 saturated heterocycles. The number of aliphatic hydroxyl groups is 2. The van der Waals surface area contributed by atoms with Gasteiger partial charge in [-0.15, -0.1) is 0 Å². The number of esters is 4. The first kappa shape index (κ1) is 39.3. The summed E-state index contributed by atoms with van der Waals surface area (Å²) in [7, 11) is 0. The lowest BCUT2D eigenvalue weighted by molar-refractivity contribution is -0.340. The molecule has 0 amide bonds. The summed E-state index contributed by atoms with van der Waals surface area (Å²) < 4.78 is 30.6. The van der Waals surface area contributed by atoms with E-state index in [4.69, 9.17) is 23.7 Å². The van der Waals surface area contributed by atoms with E-state index in [1.54, 1.807) is 89.2 Å². The van der Waals surface area contributed by atoms with Gasteiger partial charge in [0, 0.05) is 37.0 Å². The van der Waals surface area contributed by atoms with Crippen LogP contribution in [-0.4, -0.2) is 88.2 Å². The normalized spacial score (nSPS) is 35.0. The number of benzene rings is 2. The van der Waals surface area contributed by atoms with Crippen molar-refractivity contribution in [3.05, 3.63) is 82.9 Å². The molecule has 290 valence electrons. The fraction of sp³-hybridized carbons (Fsp3) is 0.548. The molecule has 54 heavy (non-hydrogen) atoms. The number of ketones is 1. The average Bonchev–Trinajstić information content (AvgIpc) is 3.12. The maximum Gasteiger partial charge on any atom is 0.338 e. The Labute approximate surface area is 315 Å². The van der Waals surface area contributed by atoms with E-state index < -0.39 is 100.0 Å². The minimum absolute atomic E-state index is 0.157. The standard InChI is InChI=1S/C42H50O12/c1-22-19-30-41(21-50-30,54-26(5)44)34-36(53-37(47)28-17-13-10-14-18-28)42(49)20-29(52-38(48)32(45)23(2)27-15-11-9-12-16-27)24(3)31(39(42,6)7)33(51-25(4)43)35(46)40(22,34)8/h9-18,22-23,29-30,32-34,36,45,49H,19-21H2,1-8H3/t22-,23-,29?,30+,32+,33+,34-,36-,40+,41-,42+/m0/s1. The summed E-state index contributed by atoms with van der Waals surface area (Å²) in [5.41, 5.74) is -5.39. The molecule has 0 spiro atoms. The Hall–Kier alpha value is -4.39. The van der Waals surface area contributed by atoms with Gasteiger partial charge in [-0.25, -0.2) is 9.59 Å². The molecule has 2 aromatic carbocycles. The van der Waals surface area contributed by atoms with Crippen LogP contribution in [0.3, 0.4) is 0 Å². The molecule has 1 unspecified atom stereocenters. The molecular formula is C42H50O12. The smallest absolute Gasteiger partial charge is 0.338 e. The lowest BCUT2D eigenvalue weighted by atomic mass is 9.43. The highest BCUT2D eigenvalue weighted by Gasteiger charge is 2.77. The molecule has 2 bridgehead atoms. The zero-order valence-corrected chi connectivity index (χ0v) is 32.0. The molecule has 2 N–H and O–H groups in total. The highest BCUT2D eigenvalue weighted by Crippen LogP contribution is 2.65. The number of hydrogen-bond acceptors (Lipinski definition) is 12. The highest BCUT2D eigenvalue weighted by atomic mass is 16.6. The molecule has 4 aliphatic rings. The van der Waals surface area contributed by atoms with Gasteiger partial charge < -0.3 is 33.9 Å². The topological polar surface area (TPSA) is 172 Å². The summed E-state index contributed by atoms with van der Waals surface area (Å²) in [5, 5.41) is 24.8. The lowest BCUT2D eigenvalue weighted by Crippen LogP contribution is -2.80. The number of ether oxygens (including phenoxy) is 5. The molecule has 3 aliphatic carbocycles. The van der Waals surface area contributed by atoms with E-state index >= 15 is 4.79 Å². The minimum Gasteiger partial charge on any atom is -0.456 e. The third-order valence-corrected chi connectivity index (χ3v) is 12.9. The quantitative estimate of drug-likeness (QED) is 0.218. The molecule has 11 atom stereocenters. The van der Waals surface area contributed by atoms with Gasteiger partial charge in [0.25, 0.3) is 0 Å². The van der Waals surface area contributed by atoms with E-state index in [0.29, 0.717) is 11.1 Å². The number of rotatable bonds is 8. The van der Waals surface area contributed by atoms with E-state index in [2.05, 4.69) is 0 Å². The minimum atomic E-state index is -2.18. The molecule has 2 saturated carbocycles. The van der Waals surface area contributed by atoms with Crippen LogP contribution >= 0.6 is 0 Å². The van der Waals surface area contributed by atoms with Crippen molar-refractivity contribution in [2.24, 2.45) is 22.7 Å². The SMILES string of the molecule is CC(=O)O[C@H]1C(=O)[C@@]2(C)[C@H]([C@H](OC(=O)c3ccccc3)[C@]3(O)CC(OC(=O)[C@H](O)[C@@H](C)c4ccccc4)C(C)=C1C3(C)C)[C@]1(OC(C)=O)CO[C@@H]1C[C@@H]2C. The van der Waals surface area contributed by atoms with Gasteiger partial charge >= 0.3 is 23.9 Å². The van der Waals surface area contributed by atoms with E-state index in [-0.39, 0.29) is 30.6 Å². The van der Waals surface area contributed by atoms with Crippen molar-refractivity contribution in [3.63, 3.8) is 0 Å². The second-order valence-electron chi connectivity index (χ2n) is 16.2. The maximum atomic E-state index is 15.5. The Morgan fingerprint density at radius 1 is 0.907 bits per heavy atom. The van der Waals surface area contributed by atoms with Crippen LogP contribution in [0, 0.1) is 22.7 Å². The van der Waals surface area contributed by atoms with Crippen LogP contribution in [0.25, 0.3) is 0 Å². The Morgan fingerprint density at radius 3 is 2.07 bits per heavy atom. The lowest BCUT2D eigenvalue weighted by Gasteiger charge is -2.68.